The van der Waals surface area contributed by atoms with E-state index in [4.69, 9.17) is 0 Å². The van der Waals surface area contributed by atoms with E-state index in [1.165, 1.54) is 11.2 Å². The average Bonchev–Trinajstić information content (AvgIpc) is 2.73. The lowest BCUT2D eigenvalue weighted by Crippen LogP contribution is -2.63. The van der Waals surface area contributed by atoms with Crippen LogP contribution in [0.3, 0.4) is 0 Å². The Hall–Kier alpha value is -1.93. The maximum Gasteiger partial charge on any atom is 0.248 e. The van der Waals surface area contributed by atoms with Gasteiger partial charge in [0.1, 0.15) is 5.54 Å². The number of nitrogens with zero attached hydrogens (tertiary/aromatic N) is 2. The molecule has 1 saturated heterocycles. The van der Waals surface area contributed by atoms with Gasteiger partial charge in [-0.1, -0.05) is 52.2 Å². The molecule has 0 spiro atoms. The van der Waals surface area contributed by atoms with Crippen molar-refractivity contribution < 1.29 is 18.0 Å². The molecule has 8 heteroatoms. The minimum atomic E-state index is -3.61. The van der Waals surface area contributed by atoms with Gasteiger partial charge in [-0.15, -0.1) is 0 Å². The maximum absolute atomic E-state index is 13.3. The van der Waals surface area contributed by atoms with Crippen molar-refractivity contribution in [3.8, 4) is 0 Å². The van der Waals surface area contributed by atoms with Gasteiger partial charge in [-0.2, -0.15) is 4.31 Å². The van der Waals surface area contributed by atoms with Crippen LogP contribution in [0.2, 0.25) is 0 Å². The van der Waals surface area contributed by atoms with Crippen molar-refractivity contribution in [2.75, 3.05) is 26.2 Å². The Morgan fingerprint density at radius 1 is 0.935 bits per heavy atom. The number of benzene rings is 1. The number of rotatable bonds is 4. The number of carbonyl (C=O) groups excluding carboxylic acids is 2. The van der Waals surface area contributed by atoms with Crippen LogP contribution in [0.5, 0.6) is 0 Å². The lowest BCUT2D eigenvalue weighted by molar-refractivity contribution is -0.144. The maximum atomic E-state index is 13.3. The normalized spacial score (nSPS) is 20.3. The second kappa shape index (κ2) is 8.90. The van der Waals surface area contributed by atoms with Crippen LogP contribution in [0.4, 0.5) is 0 Å². The first-order chi connectivity index (χ1) is 14.5. The van der Waals surface area contributed by atoms with Crippen molar-refractivity contribution in [3.63, 3.8) is 0 Å². The quantitative estimate of drug-likeness (QED) is 0.766. The van der Waals surface area contributed by atoms with Crippen LogP contribution in [0.25, 0.3) is 0 Å². The highest BCUT2D eigenvalue weighted by Gasteiger charge is 2.44. The summed E-state index contributed by atoms with van der Waals surface area (Å²) in [4.78, 5) is 27.1. The van der Waals surface area contributed by atoms with E-state index in [2.05, 4.69) is 26.1 Å². The Labute approximate surface area is 186 Å². The van der Waals surface area contributed by atoms with Crippen molar-refractivity contribution in [3.05, 3.63) is 29.8 Å². The fourth-order valence-corrected chi connectivity index (χ4v) is 6.02. The number of piperazine rings is 1. The Kier molecular flexibility index (Phi) is 6.81. The molecule has 1 aliphatic heterocycles. The molecule has 0 radical (unpaired) electrons. The molecule has 7 nitrogen and oxygen atoms in total. The van der Waals surface area contributed by atoms with Gasteiger partial charge in [0.2, 0.25) is 21.8 Å². The predicted molar refractivity (Wildman–Crippen MR) is 120 cm³/mol. The van der Waals surface area contributed by atoms with E-state index in [-0.39, 0.29) is 35.2 Å². The standard InChI is InChI=1S/C23H35N3O4S/c1-18(27)24-23(12-6-5-7-13-23)21(28)25-14-16-26(17-15-25)31(29,30)20-10-8-19(9-11-20)22(2,3)4/h8-11H,5-7,12-17H2,1-4H3,(H,24,27). The summed E-state index contributed by atoms with van der Waals surface area (Å²) in [5.41, 5.74) is 0.197. The van der Waals surface area contributed by atoms with Gasteiger partial charge in [0.05, 0.1) is 4.90 Å². The van der Waals surface area contributed by atoms with E-state index >= 15 is 0 Å². The SMILES string of the molecule is CC(=O)NC1(C(=O)N2CCN(S(=O)(=O)c3ccc(C(C)(C)C)cc3)CC2)CCCCC1. The van der Waals surface area contributed by atoms with E-state index in [9.17, 15) is 18.0 Å². The van der Waals surface area contributed by atoms with E-state index in [0.717, 1.165) is 24.8 Å². The number of hydrogen-bond donors (Lipinski definition) is 1. The van der Waals surface area contributed by atoms with Gasteiger partial charge in [-0.05, 0) is 36.0 Å². The zero-order valence-corrected chi connectivity index (χ0v) is 19.9. The topological polar surface area (TPSA) is 86.8 Å². The van der Waals surface area contributed by atoms with E-state index in [0.29, 0.717) is 25.9 Å². The third-order valence-electron chi connectivity index (χ3n) is 6.42. The molecule has 1 saturated carbocycles. The third kappa shape index (κ3) is 5.12. The summed E-state index contributed by atoms with van der Waals surface area (Å²) >= 11 is 0. The number of nitrogens with one attached hydrogen (secondary N) is 1. The van der Waals surface area contributed by atoms with Crippen LogP contribution in [0.15, 0.2) is 29.2 Å². The van der Waals surface area contributed by atoms with Crippen LogP contribution < -0.4 is 5.32 Å². The van der Waals surface area contributed by atoms with Crippen LogP contribution in [0.1, 0.15) is 65.4 Å². The lowest BCUT2D eigenvalue weighted by Gasteiger charge is -2.42. The van der Waals surface area contributed by atoms with E-state index in [1.807, 2.05) is 12.1 Å². The van der Waals surface area contributed by atoms with Crippen LogP contribution in [-0.4, -0.2) is 61.2 Å². The monoisotopic (exact) mass is 449 g/mol. The third-order valence-corrected chi connectivity index (χ3v) is 8.33. The highest BCUT2D eigenvalue weighted by atomic mass is 32.2. The summed E-state index contributed by atoms with van der Waals surface area (Å²) in [6, 6.07) is 7.07. The van der Waals surface area contributed by atoms with Gasteiger partial charge >= 0.3 is 0 Å². The fraction of sp³-hybridized carbons (Fsp3) is 0.652. The van der Waals surface area contributed by atoms with Crippen molar-refractivity contribution >= 4 is 21.8 Å². The molecule has 1 heterocycles. The van der Waals surface area contributed by atoms with Gasteiger partial charge in [0.25, 0.3) is 0 Å². The zero-order chi connectivity index (χ0) is 22.9. The fourth-order valence-electron chi connectivity index (χ4n) is 4.59. The summed E-state index contributed by atoms with van der Waals surface area (Å²) in [6.45, 7) is 8.89. The molecule has 1 aromatic rings. The molecule has 0 unspecified atom stereocenters. The molecule has 31 heavy (non-hydrogen) atoms. The first-order valence-electron chi connectivity index (χ1n) is 11.1. The number of amides is 2. The zero-order valence-electron chi connectivity index (χ0n) is 19.1. The summed E-state index contributed by atoms with van der Waals surface area (Å²) in [7, 11) is -3.61. The highest BCUT2D eigenvalue weighted by molar-refractivity contribution is 7.89. The molecule has 2 fully saturated rings. The molecule has 172 valence electrons. The number of sulfonamides is 1. The highest BCUT2D eigenvalue weighted by Crippen LogP contribution is 2.31. The summed E-state index contributed by atoms with van der Waals surface area (Å²) in [6.07, 6.45) is 4.17. The molecule has 2 aliphatic rings. The Bertz CT molecular complexity index is 905. The second-order valence-corrected chi connectivity index (χ2v) is 11.7. The van der Waals surface area contributed by atoms with Gasteiger partial charge in [-0.3, -0.25) is 9.59 Å². The summed E-state index contributed by atoms with van der Waals surface area (Å²) < 4.78 is 27.7. The summed E-state index contributed by atoms with van der Waals surface area (Å²) in [5, 5.41) is 2.91. The van der Waals surface area contributed by atoms with E-state index < -0.39 is 15.6 Å². The van der Waals surface area contributed by atoms with Crippen LogP contribution in [-0.2, 0) is 25.0 Å². The van der Waals surface area contributed by atoms with Gasteiger partial charge in [-0.25, -0.2) is 8.42 Å². The Morgan fingerprint density at radius 3 is 1.97 bits per heavy atom. The Balaban J connectivity index is 1.69. The van der Waals surface area contributed by atoms with E-state index in [1.54, 1.807) is 17.0 Å². The molecule has 3 rings (SSSR count). The largest absolute Gasteiger partial charge is 0.342 e. The second-order valence-electron chi connectivity index (χ2n) is 9.79. The van der Waals surface area contributed by atoms with Crippen LogP contribution >= 0.6 is 0 Å². The average molecular weight is 450 g/mol. The van der Waals surface area contributed by atoms with Crippen molar-refractivity contribution in [1.82, 2.24) is 14.5 Å². The number of carbonyl (C=O) groups is 2. The first kappa shape index (κ1) is 23.7. The smallest absolute Gasteiger partial charge is 0.248 e. The minimum absolute atomic E-state index is 0.0444. The molecule has 1 N–H and O–H groups in total. The van der Waals surface area contributed by atoms with Gasteiger partial charge in [0, 0.05) is 33.1 Å². The molecular formula is C23H35N3O4S. The molecule has 1 aliphatic carbocycles. The molecule has 1 aromatic carbocycles. The van der Waals surface area contributed by atoms with Crippen molar-refractivity contribution in [1.29, 1.82) is 0 Å². The van der Waals surface area contributed by atoms with Crippen molar-refractivity contribution in [2.45, 2.75) is 75.6 Å². The molecular weight excluding hydrogens is 414 g/mol. The first-order valence-corrected chi connectivity index (χ1v) is 12.6. The summed E-state index contributed by atoms with van der Waals surface area (Å²) in [5.74, 6) is -0.274. The van der Waals surface area contributed by atoms with Gasteiger partial charge in [0.15, 0.2) is 0 Å². The molecule has 0 atom stereocenters. The molecule has 0 bridgehead atoms. The van der Waals surface area contributed by atoms with Crippen LogP contribution in [0, 0.1) is 0 Å². The van der Waals surface area contributed by atoms with Gasteiger partial charge < -0.3 is 10.2 Å². The molecule has 2 amide bonds. The number of hydrogen-bond acceptors (Lipinski definition) is 4. The Morgan fingerprint density at radius 2 is 1.48 bits per heavy atom. The van der Waals surface area contributed by atoms with Crippen molar-refractivity contribution in [2.24, 2.45) is 0 Å². The minimum Gasteiger partial charge on any atom is -0.342 e. The predicted octanol–water partition coefficient (Wildman–Crippen LogP) is 2.66. The molecule has 0 aromatic heterocycles. The lowest BCUT2D eigenvalue weighted by atomic mass is 9.80.